The summed E-state index contributed by atoms with van der Waals surface area (Å²) in [6.07, 6.45) is 4.18. The quantitative estimate of drug-likeness (QED) is 0.775. The molecule has 2 atom stereocenters. The highest BCUT2D eigenvalue weighted by molar-refractivity contribution is 5.97. The molecule has 0 aromatic heterocycles. The fourth-order valence-corrected chi connectivity index (χ4v) is 3.46. The van der Waals surface area contributed by atoms with Crippen molar-refractivity contribution in [3.05, 3.63) is 35.4 Å². The first kappa shape index (κ1) is 12.4. The third-order valence-electron chi connectivity index (χ3n) is 4.40. The number of carbonyl (C=O) groups excluding carboxylic acids is 2. The van der Waals surface area contributed by atoms with Crippen molar-refractivity contribution in [3.63, 3.8) is 0 Å². The smallest absolute Gasteiger partial charge is 0.254 e. The molecule has 1 aromatic rings. The number of ketones is 1. The molecule has 1 amide bonds. The Balaban J connectivity index is 1.91. The first-order valence-corrected chi connectivity index (χ1v) is 7.07. The van der Waals surface area contributed by atoms with Gasteiger partial charge in [0.05, 0.1) is 0 Å². The van der Waals surface area contributed by atoms with Gasteiger partial charge < -0.3 is 4.90 Å². The first-order chi connectivity index (χ1) is 9.16. The van der Waals surface area contributed by atoms with Crippen molar-refractivity contribution >= 4 is 11.7 Å². The number of rotatable bonds is 1. The van der Waals surface area contributed by atoms with Crippen LogP contribution < -0.4 is 0 Å². The molecular formula is C16H19NO2. The molecule has 2 fully saturated rings. The monoisotopic (exact) mass is 257 g/mol. The molecule has 2 saturated heterocycles. The summed E-state index contributed by atoms with van der Waals surface area (Å²) in [6, 6.07) is 7.99. The largest absolute Gasteiger partial charge is 0.332 e. The molecule has 2 unspecified atom stereocenters. The number of piperidine rings is 2. The molecule has 2 aliphatic heterocycles. The second-order valence-corrected chi connectivity index (χ2v) is 5.71. The van der Waals surface area contributed by atoms with Crippen LogP contribution in [0.3, 0.4) is 0 Å². The SMILES string of the molecule is Cc1ccccc1C(=O)N1C2CCCC1CC(=O)C2. The summed E-state index contributed by atoms with van der Waals surface area (Å²) in [5.74, 6) is 0.434. The fraction of sp³-hybridized carbons (Fsp3) is 0.500. The van der Waals surface area contributed by atoms with Crippen molar-refractivity contribution in [2.45, 2.75) is 51.1 Å². The lowest BCUT2D eigenvalue weighted by molar-refractivity contribution is -0.125. The number of nitrogens with zero attached hydrogens (tertiary/aromatic N) is 1. The maximum Gasteiger partial charge on any atom is 0.254 e. The second kappa shape index (κ2) is 4.80. The molecular weight excluding hydrogens is 238 g/mol. The Morgan fingerprint density at radius 3 is 2.42 bits per heavy atom. The number of Topliss-reactive ketones (excluding diaryl/α,β-unsaturated/α-hetero) is 1. The van der Waals surface area contributed by atoms with Gasteiger partial charge in [0.2, 0.25) is 0 Å². The van der Waals surface area contributed by atoms with Gasteiger partial charge in [-0.15, -0.1) is 0 Å². The Bertz CT molecular complexity index is 507. The summed E-state index contributed by atoms with van der Waals surface area (Å²) in [5.41, 5.74) is 1.80. The van der Waals surface area contributed by atoms with Gasteiger partial charge in [0.25, 0.3) is 5.91 Å². The molecule has 0 aliphatic carbocycles. The summed E-state index contributed by atoms with van der Waals surface area (Å²) >= 11 is 0. The van der Waals surface area contributed by atoms with E-state index in [0.717, 1.165) is 30.4 Å². The third kappa shape index (κ3) is 2.18. The number of hydrogen-bond donors (Lipinski definition) is 0. The third-order valence-corrected chi connectivity index (χ3v) is 4.40. The van der Waals surface area contributed by atoms with E-state index in [1.54, 1.807) is 0 Å². The van der Waals surface area contributed by atoms with Crippen LogP contribution in [-0.2, 0) is 4.79 Å². The molecule has 2 bridgehead atoms. The van der Waals surface area contributed by atoms with Gasteiger partial charge in [0.1, 0.15) is 5.78 Å². The number of amides is 1. The summed E-state index contributed by atoms with van der Waals surface area (Å²) in [4.78, 5) is 26.5. The van der Waals surface area contributed by atoms with E-state index in [-0.39, 0.29) is 18.0 Å². The Labute approximate surface area is 113 Å². The molecule has 0 spiro atoms. The maximum atomic E-state index is 12.8. The first-order valence-electron chi connectivity index (χ1n) is 7.07. The van der Waals surface area contributed by atoms with Crippen LogP contribution in [0, 0.1) is 6.92 Å². The zero-order valence-corrected chi connectivity index (χ0v) is 11.3. The molecule has 2 aliphatic rings. The van der Waals surface area contributed by atoms with Crippen molar-refractivity contribution in [1.29, 1.82) is 0 Å². The number of benzene rings is 1. The van der Waals surface area contributed by atoms with E-state index in [4.69, 9.17) is 0 Å². The summed E-state index contributed by atoms with van der Waals surface area (Å²) in [7, 11) is 0. The van der Waals surface area contributed by atoms with Crippen LogP contribution in [0.1, 0.15) is 48.0 Å². The highest BCUT2D eigenvalue weighted by Crippen LogP contribution is 2.33. The molecule has 19 heavy (non-hydrogen) atoms. The van der Waals surface area contributed by atoms with E-state index < -0.39 is 0 Å². The number of aryl methyl sites for hydroxylation is 1. The minimum Gasteiger partial charge on any atom is -0.332 e. The predicted molar refractivity (Wildman–Crippen MR) is 73.0 cm³/mol. The van der Waals surface area contributed by atoms with Gasteiger partial charge >= 0.3 is 0 Å². The maximum absolute atomic E-state index is 12.8. The number of fused-ring (bicyclic) bond motifs is 2. The molecule has 0 radical (unpaired) electrons. The van der Waals surface area contributed by atoms with Gasteiger partial charge in [-0.3, -0.25) is 9.59 Å². The zero-order chi connectivity index (χ0) is 13.4. The van der Waals surface area contributed by atoms with Crippen LogP contribution in [0.4, 0.5) is 0 Å². The Morgan fingerprint density at radius 2 is 1.79 bits per heavy atom. The van der Waals surface area contributed by atoms with Gasteiger partial charge in [0, 0.05) is 30.5 Å². The standard InChI is InChI=1S/C16H19NO2/c1-11-5-2-3-8-15(11)16(19)17-12-6-4-7-13(17)10-14(18)9-12/h2-3,5,8,12-13H,4,6-7,9-10H2,1H3. The summed E-state index contributed by atoms with van der Waals surface area (Å²) in [6.45, 7) is 1.97. The predicted octanol–water partition coefficient (Wildman–Crippen LogP) is 2.72. The van der Waals surface area contributed by atoms with Crippen molar-refractivity contribution in [2.24, 2.45) is 0 Å². The van der Waals surface area contributed by atoms with Crippen LogP contribution in [0.2, 0.25) is 0 Å². The molecule has 0 saturated carbocycles. The molecule has 0 N–H and O–H groups in total. The van der Waals surface area contributed by atoms with Crippen LogP contribution in [0.25, 0.3) is 0 Å². The van der Waals surface area contributed by atoms with E-state index in [2.05, 4.69) is 0 Å². The van der Waals surface area contributed by atoms with Crippen LogP contribution in [0.15, 0.2) is 24.3 Å². The van der Waals surface area contributed by atoms with Crippen LogP contribution >= 0.6 is 0 Å². The van der Waals surface area contributed by atoms with Gasteiger partial charge in [-0.05, 0) is 37.8 Å². The highest BCUT2D eigenvalue weighted by atomic mass is 16.2. The Hall–Kier alpha value is -1.64. The van der Waals surface area contributed by atoms with Crippen LogP contribution in [-0.4, -0.2) is 28.7 Å². The number of carbonyl (C=O) groups is 2. The Kier molecular flexibility index (Phi) is 3.13. The van der Waals surface area contributed by atoms with Crippen molar-refractivity contribution in [3.8, 4) is 0 Å². The lowest BCUT2D eigenvalue weighted by Crippen LogP contribution is -2.55. The molecule has 3 rings (SSSR count). The molecule has 1 aromatic carbocycles. The van der Waals surface area contributed by atoms with Crippen LogP contribution in [0.5, 0.6) is 0 Å². The van der Waals surface area contributed by atoms with E-state index >= 15 is 0 Å². The fourth-order valence-electron chi connectivity index (χ4n) is 3.46. The molecule has 3 heteroatoms. The average molecular weight is 257 g/mol. The minimum absolute atomic E-state index is 0.111. The highest BCUT2D eigenvalue weighted by Gasteiger charge is 2.40. The lowest BCUT2D eigenvalue weighted by Gasteiger charge is -2.45. The van der Waals surface area contributed by atoms with Gasteiger partial charge in [-0.25, -0.2) is 0 Å². The van der Waals surface area contributed by atoms with E-state index in [0.29, 0.717) is 18.6 Å². The number of hydrogen-bond acceptors (Lipinski definition) is 2. The lowest BCUT2D eigenvalue weighted by atomic mass is 9.83. The van der Waals surface area contributed by atoms with E-state index in [1.165, 1.54) is 0 Å². The average Bonchev–Trinajstić information content (AvgIpc) is 2.37. The molecule has 2 heterocycles. The van der Waals surface area contributed by atoms with Gasteiger partial charge in [0.15, 0.2) is 0 Å². The zero-order valence-electron chi connectivity index (χ0n) is 11.3. The van der Waals surface area contributed by atoms with Crippen molar-refractivity contribution in [1.82, 2.24) is 4.90 Å². The molecule has 100 valence electrons. The van der Waals surface area contributed by atoms with Gasteiger partial charge in [-0.1, -0.05) is 18.2 Å². The normalized spacial score (nSPS) is 26.4. The summed E-state index contributed by atoms with van der Waals surface area (Å²) in [5, 5.41) is 0. The Morgan fingerprint density at radius 1 is 1.16 bits per heavy atom. The van der Waals surface area contributed by atoms with Crippen molar-refractivity contribution in [2.75, 3.05) is 0 Å². The topological polar surface area (TPSA) is 37.4 Å². The van der Waals surface area contributed by atoms with E-state index in [1.807, 2.05) is 36.1 Å². The van der Waals surface area contributed by atoms with Crippen molar-refractivity contribution < 1.29 is 9.59 Å². The molecule has 3 nitrogen and oxygen atoms in total. The summed E-state index contributed by atoms with van der Waals surface area (Å²) < 4.78 is 0. The van der Waals surface area contributed by atoms with E-state index in [9.17, 15) is 9.59 Å². The van der Waals surface area contributed by atoms with Gasteiger partial charge in [-0.2, -0.15) is 0 Å². The minimum atomic E-state index is 0.111. The second-order valence-electron chi connectivity index (χ2n) is 5.71.